The van der Waals surface area contributed by atoms with Crippen molar-refractivity contribution in [2.24, 2.45) is 23.7 Å². The second kappa shape index (κ2) is 15.7. The molecule has 0 atom stereocenters. The standard InChI is InChI=1S/C16H28O2.C10H18O/c1-4-7-13-8-10-14(11-9-13)12-15(5-2)16(17)18-6-3;1-2-3-9-4-6-10(8-11)7-5-9/h12-14H,4-11H2,1-3H3;8-10H,2-7H2,1H3/b15-12+;. The zero-order valence-corrected chi connectivity index (χ0v) is 19.6. The first-order valence-electron chi connectivity index (χ1n) is 12.4. The highest BCUT2D eigenvalue weighted by atomic mass is 16.5. The first-order valence-corrected chi connectivity index (χ1v) is 12.4. The van der Waals surface area contributed by atoms with Crippen molar-refractivity contribution in [3.8, 4) is 0 Å². The fourth-order valence-electron chi connectivity index (χ4n) is 4.91. The highest BCUT2D eigenvalue weighted by molar-refractivity contribution is 5.88. The van der Waals surface area contributed by atoms with E-state index in [1.165, 1.54) is 64.2 Å². The van der Waals surface area contributed by atoms with Crippen LogP contribution < -0.4 is 0 Å². The van der Waals surface area contributed by atoms with Crippen LogP contribution in [0.25, 0.3) is 0 Å². The molecule has 2 aliphatic rings. The summed E-state index contributed by atoms with van der Waals surface area (Å²) in [5.41, 5.74) is 0.871. The van der Waals surface area contributed by atoms with Crippen LogP contribution in [0.2, 0.25) is 0 Å². The van der Waals surface area contributed by atoms with Crippen LogP contribution in [0.15, 0.2) is 11.6 Å². The van der Waals surface area contributed by atoms with E-state index < -0.39 is 0 Å². The maximum Gasteiger partial charge on any atom is 0.333 e. The van der Waals surface area contributed by atoms with E-state index in [1.807, 2.05) is 13.8 Å². The summed E-state index contributed by atoms with van der Waals surface area (Å²) in [4.78, 5) is 22.1. The predicted molar refractivity (Wildman–Crippen MR) is 122 cm³/mol. The number of rotatable bonds is 9. The van der Waals surface area contributed by atoms with E-state index in [4.69, 9.17) is 4.74 Å². The zero-order valence-electron chi connectivity index (χ0n) is 19.6. The summed E-state index contributed by atoms with van der Waals surface area (Å²) in [6.45, 7) is 8.87. The third-order valence-electron chi connectivity index (χ3n) is 6.72. The lowest BCUT2D eigenvalue weighted by molar-refractivity contribution is -0.138. The van der Waals surface area contributed by atoms with Crippen LogP contribution in [-0.4, -0.2) is 18.9 Å². The van der Waals surface area contributed by atoms with Gasteiger partial charge >= 0.3 is 5.97 Å². The molecule has 29 heavy (non-hydrogen) atoms. The van der Waals surface area contributed by atoms with Crippen molar-refractivity contribution >= 4 is 12.3 Å². The van der Waals surface area contributed by atoms with Gasteiger partial charge in [0.25, 0.3) is 0 Å². The maximum absolute atomic E-state index is 11.7. The molecule has 0 heterocycles. The fraction of sp³-hybridized carbons (Fsp3) is 0.846. The Balaban J connectivity index is 0.000000326. The molecule has 0 spiro atoms. The lowest BCUT2D eigenvalue weighted by atomic mass is 9.79. The number of esters is 1. The smallest absolute Gasteiger partial charge is 0.333 e. The Hall–Kier alpha value is -1.12. The summed E-state index contributed by atoms with van der Waals surface area (Å²) in [5, 5.41) is 0. The molecule has 0 N–H and O–H groups in total. The van der Waals surface area contributed by atoms with Gasteiger partial charge in [0.15, 0.2) is 0 Å². The average molecular weight is 407 g/mol. The van der Waals surface area contributed by atoms with Gasteiger partial charge < -0.3 is 9.53 Å². The minimum Gasteiger partial charge on any atom is -0.463 e. The van der Waals surface area contributed by atoms with Crippen molar-refractivity contribution < 1.29 is 14.3 Å². The van der Waals surface area contributed by atoms with E-state index in [-0.39, 0.29) is 5.97 Å². The highest BCUT2D eigenvalue weighted by Crippen LogP contribution is 2.33. The molecular weight excluding hydrogens is 360 g/mol. The maximum atomic E-state index is 11.7. The average Bonchev–Trinajstić information content (AvgIpc) is 2.75. The SMILES string of the molecule is CCCC1CCC(/C=C(\CC)C(=O)OCC)CC1.CCCC1CCC(C=O)CC1. The summed E-state index contributed by atoms with van der Waals surface area (Å²) in [6.07, 6.45) is 19.5. The molecule has 168 valence electrons. The molecule has 0 unspecified atom stereocenters. The van der Waals surface area contributed by atoms with Gasteiger partial charge in [0.1, 0.15) is 6.29 Å². The molecule has 3 nitrogen and oxygen atoms in total. The molecule has 2 aliphatic carbocycles. The number of hydrogen-bond donors (Lipinski definition) is 0. The van der Waals surface area contributed by atoms with Crippen molar-refractivity contribution in [1.29, 1.82) is 0 Å². The van der Waals surface area contributed by atoms with E-state index in [0.29, 0.717) is 18.4 Å². The molecule has 2 rings (SSSR count). The largest absolute Gasteiger partial charge is 0.463 e. The van der Waals surface area contributed by atoms with Crippen LogP contribution in [0.4, 0.5) is 0 Å². The Bertz CT molecular complexity index is 466. The van der Waals surface area contributed by atoms with Crippen LogP contribution in [-0.2, 0) is 14.3 Å². The molecule has 2 fully saturated rings. The van der Waals surface area contributed by atoms with Gasteiger partial charge in [-0.2, -0.15) is 0 Å². The molecule has 0 aromatic heterocycles. The minimum atomic E-state index is -0.115. The molecule has 0 aromatic rings. The second-order valence-corrected chi connectivity index (χ2v) is 9.04. The van der Waals surface area contributed by atoms with Gasteiger partial charge in [0.05, 0.1) is 6.61 Å². The van der Waals surface area contributed by atoms with E-state index in [0.717, 1.165) is 43.0 Å². The lowest BCUT2D eigenvalue weighted by Crippen LogP contribution is -2.15. The first-order chi connectivity index (χ1) is 14.1. The number of hydrogen-bond acceptors (Lipinski definition) is 3. The molecular formula is C26H46O3. The van der Waals surface area contributed by atoms with Crippen LogP contribution in [0.1, 0.15) is 111 Å². The van der Waals surface area contributed by atoms with Crippen molar-refractivity contribution in [2.45, 2.75) is 111 Å². The van der Waals surface area contributed by atoms with Crippen molar-refractivity contribution in [1.82, 2.24) is 0 Å². The number of allylic oxidation sites excluding steroid dienone is 1. The number of aldehydes is 1. The summed E-state index contributed by atoms with van der Waals surface area (Å²) >= 11 is 0. The summed E-state index contributed by atoms with van der Waals surface area (Å²) in [7, 11) is 0. The minimum absolute atomic E-state index is 0.115. The third-order valence-corrected chi connectivity index (χ3v) is 6.72. The highest BCUT2D eigenvalue weighted by Gasteiger charge is 2.21. The Kier molecular flexibility index (Phi) is 14.0. The van der Waals surface area contributed by atoms with Gasteiger partial charge in [-0.1, -0.05) is 52.5 Å². The van der Waals surface area contributed by atoms with E-state index in [2.05, 4.69) is 19.9 Å². The Morgan fingerprint density at radius 3 is 1.66 bits per heavy atom. The molecule has 0 radical (unpaired) electrons. The quantitative estimate of drug-likeness (QED) is 0.229. The van der Waals surface area contributed by atoms with Gasteiger partial charge in [-0.3, -0.25) is 0 Å². The van der Waals surface area contributed by atoms with E-state index in [1.54, 1.807) is 0 Å². The first kappa shape index (κ1) is 25.9. The summed E-state index contributed by atoms with van der Waals surface area (Å²) in [5.74, 6) is 2.72. The number of carbonyl (C=O) groups excluding carboxylic acids is 2. The molecule has 0 amide bonds. The summed E-state index contributed by atoms with van der Waals surface area (Å²) < 4.78 is 5.09. The van der Waals surface area contributed by atoms with Crippen molar-refractivity contribution in [3.63, 3.8) is 0 Å². The number of carbonyl (C=O) groups is 2. The van der Waals surface area contributed by atoms with Crippen molar-refractivity contribution in [2.75, 3.05) is 6.61 Å². The zero-order chi connectivity index (χ0) is 21.5. The number of ether oxygens (including phenoxy) is 1. The topological polar surface area (TPSA) is 43.4 Å². The lowest BCUT2D eigenvalue weighted by Gasteiger charge is -2.26. The Morgan fingerprint density at radius 1 is 0.793 bits per heavy atom. The van der Waals surface area contributed by atoms with Crippen LogP contribution in [0, 0.1) is 23.7 Å². The Labute approximate surface area is 180 Å². The second-order valence-electron chi connectivity index (χ2n) is 9.04. The van der Waals surface area contributed by atoms with Gasteiger partial charge in [-0.05, 0) is 82.5 Å². The molecule has 3 heteroatoms. The van der Waals surface area contributed by atoms with E-state index >= 15 is 0 Å². The summed E-state index contributed by atoms with van der Waals surface area (Å²) in [6, 6.07) is 0. The van der Waals surface area contributed by atoms with Gasteiger partial charge in [0, 0.05) is 11.5 Å². The van der Waals surface area contributed by atoms with Crippen molar-refractivity contribution in [3.05, 3.63) is 11.6 Å². The van der Waals surface area contributed by atoms with Gasteiger partial charge in [-0.15, -0.1) is 0 Å². The van der Waals surface area contributed by atoms with Crippen LogP contribution >= 0.6 is 0 Å². The van der Waals surface area contributed by atoms with Crippen LogP contribution in [0.5, 0.6) is 0 Å². The van der Waals surface area contributed by atoms with Crippen LogP contribution in [0.3, 0.4) is 0 Å². The normalized spacial score (nSPS) is 27.5. The predicted octanol–water partition coefficient (Wildman–Crippen LogP) is 7.28. The molecule has 2 saturated carbocycles. The Morgan fingerprint density at radius 2 is 1.28 bits per heavy atom. The molecule has 0 bridgehead atoms. The molecule has 0 aliphatic heterocycles. The molecule has 0 saturated heterocycles. The monoisotopic (exact) mass is 406 g/mol. The van der Waals surface area contributed by atoms with Gasteiger partial charge in [-0.25, -0.2) is 4.79 Å². The van der Waals surface area contributed by atoms with E-state index in [9.17, 15) is 9.59 Å². The van der Waals surface area contributed by atoms with Gasteiger partial charge in [0.2, 0.25) is 0 Å². The fourth-order valence-corrected chi connectivity index (χ4v) is 4.91. The molecule has 0 aromatic carbocycles. The third kappa shape index (κ3) is 10.5.